The van der Waals surface area contributed by atoms with E-state index in [-0.39, 0.29) is 24.9 Å². The fourth-order valence-electron chi connectivity index (χ4n) is 2.82. The summed E-state index contributed by atoms with van der Waals surface area (Å²) in [5.74, 6) is -0.808. The van der Waals surface area contributed by atoms with Crippen LogP contribution in [0.1, 0.15) is 105 Å². The van der Waals surface area contributed by atoms with Crippen LogP contribution in [0.2, 0.25) is 0 Å². The van der Waals surface area contributed by atoms with Crippen molar-refractivity contribution in [3.05, 3.63) is 12.3 Å². The first-order valence-electron chi connectivity index (χ1n) is 10.7. The Bertz CT molecular complexity index is 411. The van der Waals surface area contributed by atoms with E-state index >= 15 is 0 Å². The SMILES string of the molecule is CCCCCCCCCCC=COC(=O)CCC(=O)ON(C(C)C)C(C)C. The van der Waals surface area contributed by atoms with Crippen LogP contribution in [0, 0.1) is 0 Å². The largest absolute Gasteiger partial charge is 0.435 e. The molecular weight excluding hydrogens is 342 g/mol. The van der Waals surface area contributed by atoms with Crippen LogP contribution in [0.3, 0.4) is 0 Å². The fourth-order valence-corrected chi connectivity index (χ4v) is 2.82. The van der Waals surface area contributed by atoms with Crippen LogP contribution < -0.4 is 0 Å². The molecule has 0 unspecified atom stereocenters. The highest BCUT2D eigenvalue weighted by molar-refractivity contribution is 5.77. The van der Waals surface area contributed by atoms with Crippen molar-refractivity contribution in [3.63, 3.8) is 0 Å². The standard InChI is InChI=1S/C22H41NO4/c1-6-7-8-9-10-11-12-13-14-15-18-26-21(24)16-17-22(25)27-23(19(2)3)20(4)5/h15,18-20H,6-14,16-17H2,1-5H3. The van der Waals surface area contributed by atoms with E-state index in [0.29, 0.717) is 0 Å². The van der Waals surface area contributed by atoms with Crippen molar-refractivity contribution >= 4 is 11.9 Å². The van der Waals surface area contributed by atoms with E-state index in [1.165, 1.54) is 51.2 Å². The molecule has 0 amide bonds. The minimum Gasteiger partial charge on any atom is -0.435 e. The molecule has 158 valence electrons. The lowest BCUT2D eigenvalue weighted by atomic mass is 10.1. The number of unbranched alkanes of at least 4 members (excludes halogenated alkanes) is 8. The van der Waals surface area contributed by atoms with Crippen LogP contribution in [-0.2, 0) is 19.2 Å². The Labute approximate surface area is 166 Å². The molecular formula is C22H41NO4. The van der Waals surface area contributed by atoms with Crippen LogP contribution in [-0.4, -0.2) is 29.1 Å². The molecule has 0 N–H and O–H groups in total. The number of nitrogens with zero attached hydrogens (tertiary/aromatic N) is 1. The third-order valence-electron chi connectivity index (χ3n) is 4.28. The van der Waals surface area contributed by atoms with Crippen LogP contribution in [0.5, 0.6) is 0 Å². The smallest absolute Gasteiger partial charge is 0.325 e. The topological polar surface area (TPSA) is 55.8 Å². The lowest BCUT2D eigenvalue weighted by Crippen LogP contribution is -2.38. The molecule has 0 aromatic rings. The second-order valence-corrected chi connectivity index (χ2v) is 7.64. The monoisotopic (exact) mass is 383 g/mol. The van der Waals surface area contributed by atoms with Gasteiger partial charge in [-0.15, -0.1) is 5.06 Å². The highest BCUT2D eigenvalue weighted by Crippen LogP contribution is 2.10. The average Bonchev–Trinajstić information content (AvgIpc) is 2.61. The summed E-state index contributed by atoms with van der Waals surface area (Å²) in [6, 6.07) is 0.195. The van der Waals surface area contributed by atoms with E-state index in [4.69, 9.17) is 9.57 Å². The molecule has 0 aliphatic rings. The van der Waals surface area contributed by atoms with E-state index in [1.54, 1.807) is 5.06 Å². The molecule has 0 bridgehead atoms. The van der Waals surface area contributed by atoms with Gasteiger partial charge in [0.15, 0.2) is 0 Å². The molecule has 0 atom stereocenters. The van der Waals surface area contributed by atoms with Crippen molar-refractivity contribution in [2.45, 2.75) is 117 Å². The summed E-state index contributed by atoms with van der Waals surface area (Å²) < 4.78 is 5.02. The zero-order chi connectivity index (χ0) is 20.5. The van der Waals surface area contributed by atoms with Crippen LogP contribution >= 0.6 is 0 Å². The van der Waals surface area contributed by atoms with Gasteiger partial charge in [0, 0.05) is 12.1 Å². The van der Waals surface area contributed by atoms with E-state index < -0.39 is 11.9 Å². The summed E-state index contributed by atoms with van der Waals surface area (Å²) in [6.07, 6.45) is 14.6. The molecule has 0 heterocycles. The van der Waals surface area contributed by atoms with Crippen molar-refractivity contribution in [1.29, 1.82) is 0 Å². The number of allylic oxidation sites excluding steroid dienone is 1. The molecule has 0 aromatic heterocycles. The molecule has 0 aliphatic heterocycles. The van der Waals surface area contributed by atoms with Gasteiger partial charge in [-0.3, -0.25) is 9.59 Å². The zero-order valence-corrected chi connectivity index (χ0v) is 18.2. The van der Waals surface area contributed by atoms with E-state index in [2.05, 4.69) is 6.92 Å². The quantitative estimate of drug-likeness (QED) is 0.143. The third-order valence-corrected chi connectivity index (χ3v) is 4.28. The molecule has 0 saturated heterocycles. The van der Waals surface area contributed by atoms with Crippen molar-refractivity contribution < 1.29 is 19.2 Å². The number of ether oxygens (including phenoxy) is 1. The maximum absolute atomic E-state index is 11.8. The summed E-state index contributed by atoms with van der Waals surface area (Å²) in [5.41, 5.74) is 0. The maximum Gasteiger partial charge on any atom is 0.325 e. The van der Waals surface area contributed by atoms with Crippen LogP contribution in [0.15, 0.2) is 12.3 Å². The van der Waals surface area contributed by atoms with Gasteiger partial charge in [0.1, 0.15) is 0 Å². The maximum atomic E-state index is 11.8. The highest BCUT2D eigenvalue weighted by atomic mass is 16.7. The van der Waals surface area contributed by atoms with E-state index in [0.717, 1.165) is 12.8 Å². The van der Waals surface area contributed by atoms with E-state index in [1.807, 2.05) is 33.8 Å². The molecule has 5 nitrogen and oxygen atoms in total. The lowest BCUT2D eigenvalue weighted by molar-refractivity contribution is -0.209. The number of hydroxylamine groups is 2. The lowest BCUT2D eigenvalue weighted by Gasteiger charge is -2.28. The predicted octanol–water partition coefficient (Wildman–Crippen LogP) is 5.93. The number of esters is 1. The minimum absolute atomic E-state index is 0.0284. The second kappa shape index (κ2) is 16.8. The van der Waals surface area contributed by atoms with Crippen LogP contribution in [0.4, 0.5) is 0 Å². The van der Waals surface area contributed by atoms with Crippen LogP contribution in [0.25, 0.3) is 0 Å². The van der Waals surface area contributed by atoms with Gasteiger partial charge in [-0.2, -0.15) is 0 Å². The normalized spacial score (nSPS) is 11.7. The van der Waals surface area contributed by atoms with Gasteiger partial charge in [-0.25, -0.2) is 0 Å². The van der Waals surface area contributed by atoms with Gasteiger partial charge in [0.2, 0.25) is 0 Å². The predicted molar refractivity (Wildman–Crippen MR) is 110 cm³/mol. The van der Waals surface area contributed by atoms with Crippen molar-refractivity contribution in [3.8, 4) is 0 Å². The van der Waals surface area contributed by atoms with Gasteiger partial charge in [-0.1, -0.05) is 51.9 Å². The Hall–Kier alpha value is -1.36. The van der Waals surface area contributed by atoms with Gasteiger partial charge in [-0.05, 0) is 46.6 Å². The Balaban J connectivity index is 3.70. The summed E-state index contributed by atoms with van der Waals surface area (Å²) in [4.78, 5) is 28.8. The van der Waals surface area contributed by atoms with Crippen molar-refractivity contribution in [2.75, 3.05) is 0 Å². The van der Waals surface area contributed by atoms with Crippen molar-refractivity contribution in [1.82, 2.24) is 5.06 Å². The molecule has 0 saturated carbocycles. The van der Waals surface area contributed by atoms with Gasteiger partial charge in [0.25, 0.3) is 0 Å². The fraction of sp³-hybridized carbons (Fsp3) is 0.818. The molecule has 0 radical (unpaired) electrons. The first kappa shape index (κ1) is 25.6. The molecule has 0 rings (SSSR count). The number of carbonyl (C=O) groups excluding carboxylic acids is 2. The summed E-state index contributed by atoms with van der Waals surface area (Å²) in [5, 5.41) is 1.64. The summed E-state index contributed by atoms with van der Waals surface area (Å²) in [7, 11) is 0. The molecule has 0 spiro atoms. The first-order chi connectivity index (χ1) is 12.9. The molecule has 0 aromatic carbocycles. The van der Waals surface area contributed by atoms with Crippen molar-refractivity contribution in [2.24, 2.45) is 0 Å². The number of hydrogen-bond donors (Lipinski definition) is 0. The molecule has 5 heteroatoms. The number of carbonyl (C=O) groups is 2. The van der Waals surface area contributed by atoms with Gasteiger partial charge >= 0.3 is 11.9 Å². The Kier molecular flexibility index (Phi) is 15.9. The molecule has 27 heavy (non-hydrogen) atoms. The Morgan fingerprint density at radius 1 is 0.815 bits per heavy atom. The summed E-state index contributed by atoms with van der Waals surface area (Å²) in [6.45, 7) is 10.1. The minimum atomic E-state index is -0.405. The average molecular weight is 384 g/mol. The third kappa shape index (κ3) is 15.4. The number of rotatable bonds is 16. The molecule has 0 fully saturated rings. The first-order valence-corrected chi connectivity index (χ1v) is 10.7. The van der Waals surface area contributed by atoms with Gasteiger partial charge < -0.3 is 9.57 Å². The molecule has 0 aliphatic carbocycles. The summed E-state index contributed by atoms with van der Waals surface area (Å²) >= 11 is 0. The zero-order valence-electron chi connectivity index (χ0n) is 18.2. The van der Waals surface area contributed by atoms with Gasteiger partial charge in [0.05, 0.1) is 19.1 Å². The number of hydrogen-bond acceptors (Lipinski definition) is 5. The highest BCUT2D eigenvalue weighted by Gasteiger charge is 2.19. The van der Waals surface area contributed by atoms with E-state index in [9.17, 15) is 9.59 Å². The Morgan fingerprint density at radius 2 is 1.33 bits per heavy atom. The Morgan fingerprint density at radius 3 is 1.89 bits per heavy atom. The second-order valence-electron chi connectivity index (χ2n) is 7.64.